The van der Waals surface area contributed by atoms with E-state index in [0.29, 0.717) is 6.54 Å². The summed E-state index contributed by atoms with van der Waals surface area (Å²) in [5, 5.41) is 0. The maximum Gasteiger partial charge on any atom is 0.250 e. The number of rotatable bonds is 3. The van der Waals surface area contributed by atoms with Crippen LogP contribution in [0.15, 0.2) is 17.1 Å². The number of aryl methyl sites for hydroxylation is 1. The maximum absolute atomic E-state index is 11.7. The molecular weight excluding hydrogens is 305 g/mol. The molecule has 84 valence electrons. The number of methoxy groups -OCH3 is 1. The second-order valence-electron chi connectivity index (χ2n) is 4.23. The van der Waals surface area contributed by atoms with Gasteiger partial charge in [0.25, 0.3) is 5.56 Å². The van der Waals surface area contributed by atoms with Crippen molar-refractivity contribution in [3.05, 3.63) is 31.8 Å². The second kappa shape index (κ2) is 4.65. The molecule has 4 heteroatoms. The zero-order valence-electron chi connectivity index (χ0n) is 9.50. The maximum atomic E-state index is 11.7. The van der Waals surface area contributed by atoms with E-state index in [1.807, 2.05) is 27.0 Å². The average Bonchev–Trinajstić information content (AvgIpc) is 2.14. The fourth-order valence-corrected chi connectivity index (χ4v) is 1.73. The molecule has 0 aliphatic carbocycles. The van der Waals surface area contributed by atoms with Gasteiger partial charge in [-0.1, -0.05) is 0 Å². The normalized spacial score (nSPS) is 11.8. The van der Waals surface area contributed by atoms with Crippen molar-refractivity contribution in [3.63, 3.8) is 0 Å². The average molecular weight is 321 g/mol. The summed E-state index contributed by atoms with van der Waals surface area (Å²) >= 11 is 2.23. The van der Waals surface area contributed by atoms with Crippen LogP contribution >= 0.6 is 22.6 Å². The first-order valence-electron chi connectivity index (χ1n) is 4.77. The molecule has 0 N–H and O–H groups in total. The number of hydrogen-bond acceptors (Lipinski definition) is 2. The molecule has 0 radical (unpaired) electrons. The molecule has 0 saturated carbocycles. The van der Waals surface area contributed by atoms with Crippen LogP contribution in [0.4, 0.5) is 0 Å². The van der Waals surface area contributed by atoms with Crippen LogP contribution in [0.25, 0.3) is 0 Å². The van der Waals surface area contributed by atoms with Crippen molar-refractivity contribution in [2.45, 2.75) is 32.9 Å². The lowest BCUT2D eigenvalue weighted by atomic mass is 10.1. The highest BCUT2D eigenvalue weighted by atomic mass is 127. The topological polar surface area (TPSA) is 31.2 Å². The SMILES string of the molecule is COC(C)(C)Cn1cc(I)c(C)cc1=O. The predicted molar refractivity (Wildman–Crippen MR) is 69.2 cm³/mol. The molecule has 0 atom stereocenters. The summed E-state index contributed by atoms with van der Waals surface area (Å²) in [6.07, 6.45) is 1.87. The largest absolute Gasteiger partial charge is 0.377 e. The quantitative estimate of drug-likeness (QED) is 0.799. The lowest BCUT2D eigenvalue weighted by Gasteiger charge is -2.24. The van der Waals surface area contributed by atoms with E-state index in [4.69, 9.17) is 4.74 Å². The standard InChI is InChI=1S/C11H16INO2/c1-8-5-10(14)13(6-9(8)12)7-11(2,3)15-4/h5-6H,7H2,1-4H3. The van der Waals surface area contributed by atoms with E-state index < -0.39 is 0 Å². The fraction of sp³-hybridized carbons (Fsp3) is 0.545. The first kappa shape index (κ1) is 12.7. The molecule has 1 aromatic heterocycles. The molecule has 0 unspecified atom stereocenters. The highest BCUT2D eigenvalue weighted by molar-refractivity contribution is 14.1. The van der Waals surface area contributed by atoms with E-state index >= 15 is 0 Å². The van der Waals surface area contributed by atoms with Crippen LogP contribution in [0.1, 0.15) is 19.4 Å². The van der Waals surface area contributed by atoms with Crippen LogP contribution in [-0.2, 0) is 11.3 Å². The van der Waals surface area contributed by atoms with E-state index in [1.165, 1.54) is 0 Å². The minimum absolute atomic E-state index is 0.0260. The molecule has 0 saturated heterocycles. The minimum atomic E-state index is -0.317. The molecule has 1 aromatic rings. The third-order valence-electron chi connectivity index (χ3n) is 2.37. The van der Waals surface area contributed by atoms with Gasteiger partial charge in [0.2, 0.25) is 0 Å². The van der Waals surface area contributed by atoms with Crippen LogP contribution in [-0.4, -0.2) is 17.3 Å². The van der Waals surface area contributed by atoms with Gasteiger partial charge in [-0.3, -0.25) is 4.79 Å². The summed E-state index contributed by atoms with van der Waals surface area (Å²) in [7, 11) is 1.66. The Hall–Kier alpha value is -0.360. The van der Waals surface area contributed by atoms with Crippen molar-refractivity contribution in [3.8, 4) is 0 Å². The van der Waals surface area contributed by atoms with Gasteiger partial charge >= 0.3 is 0 Å². The van der Waals surface area contributed by atoms with Crippen LogP contribution in [0.5, 0.6) is 0 Å². The number of nitrogens with zero attached hydrogens (tertiary/aromatic N) is 1. The van der Waals surface area contributed by atoms with E-state index in [2.05, 4.69) is 22.6 Å². The monoisotopic (exact) mass is 321 g/mol. The van der Waals surface area contributed by atoms with E-state index in [9.17, 15) is 4.79 Å². The Kier molecular flexibility index (Phi) is 3.94. The van der Waals surface area contributed by atoms with E-state index in [-0.39, 0.29) is 11.2 Å². The van der Waals surface area contributed by atoms with Crippen molar-refractivity contribution in [1.29, 1.82) is 0 Å². The molecular formula is C11H16INO2. The molecule has 15 heavy (non-hydrogen) atoms. The Balaban J connectivity index is 3.06. The molecule has 0 fully saturated rings. The van der Waals surface area contributed by atoms with Gasteiger partial charge in [0.15, 0.2) is 0 Å². The van der Waals surface area contributed by atoms with Crippen molar-refractivity contribution >= 4 is 22.6 Å². The van der Waals surface area contributed by atoms with Crippen molar-refractivity contribution < 1.29 is 4.74 Å². The minimum Gasteiger partial charge on any atom is -0.377 e. The molecule has 3 nitrogen and oxygen atoms in total. The van der Waals surface area contributed by atoms with Crippen molar-refractivity contribution in [2.24, 2.45) is 0 Å². The third kappa shape index (κ3) is 3.31. The number of halogens is 1. The molecule has 0 spiro atoms. The van der Waals surface area contributed by atoms with Crippen LogP contribution in [0.2, 0.25) is 0 Å². The summed E-state index contributed by atoms with van der Waals surface area (Å²) in [4.78, 5) is 11.7. The van der Waals surface area contributed by atoms with Gasteiger partial charge in [-0.15, -0.1) is 0 Å². The Morgan fingerprint density at radius 2 is 2.13 bits per heavy atom. The van der Waals surface area contributed by atoms with Gasteiger partial charge in [0, 0.05) is 22.9 Å². The van der Waals surface area contributed by atoms with Crippen LogP contribution in [0.3, 0.4) is 0 Å². The molecule has 0 aliphatic heterocycles. The Morgan fingerprint density at radius 3 is 2.67 bits per heavy atom. The molecule has 0 amide bonds. The van der Waals surface area contributed by atoms with Gasteiger partial charge in [0.1, 0.15) is 0 Å². The molecule has 1 rings (SSSR count). The van der Waals surface area contributed by atoms with E-state index in [0.717, 1.165) is 9.13 Å². The molecule has 1 heterocycles. The number of pyridine rings is 1. The molecule has 0 bridgehead atoms. The summed E-state index contributed by atoms with van der Waals surface area (Å²) in [5.41, 5.74) is 0.729. The first-order valence-corrected chi connectivity index (χ1v) is 5.85. The van der Waals surface area contributed by atoms with Gasteiger partial charge in [-0.2, -0.15) is 0 Å². The lowest BCUT2D eigenvalue weighted by molar-refractivity contribution is 0.00733. The molecule has 0 aromatic carbocycles. The van der Waals surface area contributed by atoms with Crippen LogP contribution in [0, 0.1) is 10.5 Å². The number of aromatic nitrogens is 1. The second-order valence-corrected chi connectivity index (χ2v) is 5.40. The smallest absolute Gasteiger partial charge is 0.250 e. The third-order valence-corrected chi connectivity index (χ3v) is 3.50. The zero-order chi connectivity index (χ0) is 11.6. The fourth-order valence-electron chi connectivity index (χ4n) is 1.24. The Bertz CT molecular complexity index is 410. The lowest BCUT2D eigenvalue weighted by Crippen LogP contribution is -2.34. The summed E-state index contributed by atoms with van der Waals surface area (Å²) in [5.74, 6) is 0. The highest BCUT2D eigenvalue weighted by Gasteiger charge is 2.17. The van der Waals surface area contributed by atoms with Crippen molar-refractivity contribution in [2.75, 3.05) is 7.11 Å². The van der Waals surface area contributed by atoms with Gasteiger partial charge in [0.05, 0.1) is 12.1 Å². The Labute approximate surface area is 104 Å². The summed E-state index contributed by atoms with van der Waals surface area (Å²) in [6.45, 7) is 6.44. The number of ether oxygens (including phenoxy) is 1. The van der Waals surface area contributed by atoms with Gasteiger partial charge < -0.3 is 9.30 Å². The van der Waals surface area contributed by atoms with E-state index in [1.54, 1.807) is 17.7 Å². The summed E-state index contributed by atoms with van der Waals surface area (Å²) in [6, 6.07) is 1.66. The number of hydrogen-bond donors (Lipinski definition) is 0. The van der Waals surface area contributed by atoms with Crippen LogP contribution < -0.4 is 5.56 Å². The van der Waals surface area contributed by atoms with Gasteiger partial charge in [-0.25, -0.2) is 0 Å². The first-order chi connectivity index (χ1) is 6.85. The summed E-state index contributed by atoms with van der Waals surface area (Å²) < 4.78 is 8.09. The Morgan fingerprint density at radius 1 is 1.53 bits per heavy atom. The molecule has 0 aliphatic rings. The van der Waals surface area contributed by atoms with Crippen molar-refractivity contribution in [1.82, 2.24) is 4.57 Å². The van der Waals surface area contributed by atoms with Gasteiger partial charge in [-0.05, 0) is 48.9 Å². The zero-order valence-corrected chi connectivity index (χ0v) is 11.7. The highest BCUT2D eigenvalue weighted by Crippen LogP contribution is 2.12. The predicted octanol–water partition coefficient (Wildman–Crippen LogP) is 2.19.